The topological polar surface area (TPSA) is 29.9 Å². The van der Waals surface area contributed by atoms with Crippen molar-refractivity contribution in [2.75, 3.05) is 13.1 Å². The van der Waals surface area contributed by atoms with Gasteiger partial charge in [-0.1, -0.05) is 13.8 Å². The highest BCUT2D eigenvalue weighted by Gasteiger charge is 2.14. The van der Waals surface area contributed by atoms with Crippen LogP contribution in [0.15, 0.2) is 6.33 Å². The van der Waals surface area contributed by atoms with Crippen molar-refractivity contribution in [3.05, 3.63) is 17.7 Å². The molecule has 1 aromatic heterocycles. The Bertz CT molecular complexity index is 341. The summed E-state index contributed by atoms with van der Waals surface area (Å²) in [4.78, 5) is 4.53. The first kappa shape index (κ1) is 12.6. The van der Waals surface area contributed by atoms with Gasteiger partial charge in [0, 0.05) is 12.2 Å². The molecule has 0 amide bonds. The van der Waals surface area contributed by atoms with Gasteiger partial charge in [0.1, 0.15) is 0 Å². The second kappa shape index (κ2) is 6.20. The third-order valence-corrected chi connectivity index (χ3v) is 3.42. The molecule has 1 aromatic rings. The van der Waals surface area contributed by atoms with Crippen LogP contribution >= 0.6 is 0 Å². The highest BCUT2D eigenvalue weighted by molar-refractivity contribution is 5.16. The second-order valence-corrected chi connectivity index (χ2v) is 5.49. The second-order valence-electron chi connectivity index (χ2n) is 5.49. The zero-order valence-corrected chi connectivity index (χ0v) is 11.2. The van der Waals surface area contributed by atoms with Gasteiger partial charge in [-0.15, -0.1) is 0 Å². The molecule has 2 rings (SSSR count). The third kappa shape index (κ3) is 3.56. The molecular weight excluding hydrogens is 210 g/mol. The van der Waals surface area contributed by atoms with Crippen molar-refractivity contribution in [1.29, 1.82) is 0 Å². The molecular formula is C14H25N3. The summed E-state index contributed by atoms with van der Waals surface area (Å²) in [6, 6.07) is 0. The van der Waals surface area contributed by atoms with E-state index in [9.17, 15) is 0 Å². The number of aryl methyl sites for hydroxylation is 2. The summed E-state index contributed by atoms with van der Waals surface area (Å²) in [7, 11) is 0. The molecule has 1 N–H and O–H groups in total. The Hall–Kier alpha value is -0.830. The Morgan fingerprint density at radius 1 is 1.35 bits per heavy atom. The molecule has 3 nitrogen and oxygen atoms in total. The van der Waals surface area contributed by atoms with E-state index in [1.54, 1.807) is 0 Å². The van der Waals surface area contributed by atoms with E-state index in [1.165, 1.54) is 43.5 Å². The van der Waals surface area contributed by atoms with Crippen LogP contribution < -0.4 is 5.32 Å². The molecule has 0 aliphatic heterocycles. The molecule has 3 heteroatoms. The van der Waals surface area contributed by atoms with Crippen molar-refractivity contribution in [1.82, 2.24) is 14.9 Å². The molecule has 0 radical (unpaired) electrons. The fraction of sp³-hybridized carbons (Fsp3) is 0.786. The summed E-state index contributed by atoms with van der Waals surface area (Å²) in [6.45, 7) is 7.86. The molecule has 0 fully saturated rings. The third-order valence-electron chi connectivity index (χ3n) is 3.42. The summed E-state index contributed by atoms with van der Waals surface area (Å²) >= 11 is 0. The summed E-state index contributed by atoms with van der Waals surface area (Å²) in [5.41, 5.74) is 2.85. The molecule has 0 atom stereocenters. The Labute approximate surface area is 105 Å². The fourth-order valence-corrected chi connectivity index (χ4v) is 2.49. The normalized spacial score (nSPS) is 15.2. The van der Waals surface area contributed by atoms with Crippen molar-refractivity contribution < 1.29 is 0 Å². The van der Waals surface area contributed by atoms with Gasteiger partial charge in [-0.3, -0.25) is 0 Å². The van der Waals surface area contributed by atoms with E-state index in [2.05, 4.69) is 28.7 Å². The van der Waals surface area contributed by atoms with Gasteiger partial charge < -0.3 is 9.88 Å². The minimum absolute atomic E-state index is 0.746. The van der Waals surface area contributed by atoms with E-state index in [-0.39, 0.29) is 0 Å². The molecule has 96 valence electrons. The molecule has 1 aliphatic carbocycles. The fourth-order valence-electron chi connectivity index (χ4n) is 2.49. The summed E-state index contributed by atoms with van der Waals surface area (Å²) in [5, 5.41) is 3.49. The van der Waals surface area contributed by atoms with Gasteiger partial charge in [-0.05, 0) is 51.1 Å². The van der Waals surface area contributed by atoms with Crippen LogP contribution in [0.3, 0.4) is 0 Å². The molecule has 0 spiro atoms. The van der Waals surface area contributed by atoms with Crippen LogP contribution in [0.1, 0.15) is 44.5 Å². The number of nitrogens with one attached hydrogen (secondary N) is 1. The van der Waals surface area contributed by atoms with Crippen molar-refractivity contribution in [3.8, 4) is 0 Å². The zero-order valence-electron chi connectivity index (χ0n) is 11.2. The van der Waals surface area contributed by atoms with E-state index >= 15 is 0 Å². The molecule has 0 aromatic carbocycles. The van der Waals surface area contributed by atoms with Crippen LogP contribution in [0, 0.1) is 5.92 Å². The van der Waals surface area contributed by atoms with Gasteiger partial charge in [0.05, 0.1) is 12.0 Å². The molecule has 1 aliphatic rings. The highest BCUT2D eigenvalue weighted by atomic mass is 15.1. The van der Waals surface area contributed by atoms with Crippen LogP contribution in [0.25, 0.3) is 0 Å². The van der Waals surface area contributed by atoms with Gasteiger partial charge in [0.15, 0.2) is 0 Å². The number of imidazole rings is 1. The van der Waals surface area contributed by atoms with Gasteiger partial charge in [0.25, 0.3) is 0 Å². The van der Waals surface area contributed by atoms with Crippen molar-refractivity contribution in [3.63, 3.8) is 0 Å². The predicted molar refractivity (Wildman–Crippen MR) is 71.2 cm³/mol. The Morgan fingerprint density at radius 3 is 3.00 bits per heavy atom. The largest absolute Gasteiger partial charge is 0.334 e. The first-order valence-electron chi connectivity index (χ1n) is 7.01. The standard InChI is InChI=1S/C14H25N3/c1-12(2)10-15-8-5-9-17-11-16-13-6-3-4-7-14(13)17/h11-12,15H,3-10H2,1-2H3. The quantitative estimate of drug-likeness (QED) is 0.767. The minimum atomic E-state index is 0.746. The molecule has 0 saturated heterocycles. The lowest BCUT2D eigenvalue weighted by atomic mass is 10.0. The van der Waals surface area contributed by atoms with Gasteiger partial charge in [0.2, 0.25) is 0 Å². The van der Waals surface area contributed by atoms with Crippen LogP contribution in [0.5, 0.6) is 0 Å². The van der Waals surface area contributed by atoms with Gasteiger partial charge >= 0.3 is 0 Å². The molecule has 0 bridgehead atoms. The number of rotatable bonds is 6. The van der Waals surface area contributed by atoms with E-state index in [0.717, 1.165) is 25.6 Å². The molecule has 17 heavy (non-hydrogen) atoms. The zero-order chi connectivity index (χ0) is 12.1. The lowest BCUT2D eigenvalue weighted by Crippen LogP contribution is -2.22. The Morgan fingerprint density at radius 2 is 2.18 bits per heavy atom. The van der Waals surface area contributed by atoms with Crippen LogP contribution in [0.4, 0.5) is 0 Å². The molecule has 1 heterocycles. The average Bonchev–Trinajstić information content (AvgIpc) is 2.72. The van der Waals surface area contributed by atoms with E-state index in [4.69, 9.17) is 0 Å². The molecule has 0 saturated carbocycles. The lowest BCUT2D eigenvalue weighted by molar-refractivity contribution is 0.513. The summed E-state index contributed by atoms with van der Waals surface area (Å²) in [5.74, 6) is 0.746. The first-order valence-corrected chi connectivity index (χ1v) is 7.01. The lowest BCUT2D eigenvalue weighted by Gasteiger charge is -2.14. The number of hydrogen-bond acceptors (Lipinski definition) is 2. The van der Waals surface area contributed by atoms with E-state index < -0.39 is 0 Å². The van der Waals surface area contributed by atoms with E-state index in [0.29, 0.717) is 0 Å². The average molecular weight is 235 g/mol. The number of nitrogens with zero attached hydrogens (tertiary/aromatic N) is 2. The van der Waals surface area contributed by atoms with Crippen LogP contribution in [0.2, 0.25) is 0 Å². The SMILES string of the molecule is CC(C)CNCCCn1cnc2c1CCCC2. The number of fused-ring (bicyclic) bond motifs is 1. The van der Waals surface area contributed by atoms with Crippen LogP contribution in [-0.2, 0) is 19.4 Å². The van der Waals surface area contributed by atoms with Crippen molar-refractivity contribution >= 4 is 0 Å². The van der Waals surface area contributed by atoms with Crippen molar-refractivity contribution in [2.45, 2.75) is 52.5 Å². The number of hydrogen-bond donors (Lipinski definition) is 1. The van der Waals surface area contributed by atoms with Gasteiger partial charge in [-0.2, -0.15) is 0 Å². The van der Waals surface area contributed by atoms with E-state index in [1.807, 2.05) is 6.33 Å². The Balaban J connectivity index is 1.74. The van der Waals surface area contributed by atoms with Crippen molar-refractivity contribution in [2.24, 2.45) is 5.92 Å². The maximum atomic E-state index is 4.53. The minimum Gasteiger partial charge on any atom is -0.334 e. The maximum absolute atomic E-state index is 4.53. The summed E-state index contributed by atoms with van der Waals surface area (Å²) < 4.78 is 2.37. The Kier molecular flexibility index (Phi) is 4.60. The highest BCUT2D eigenvalue weighted by Crippen LogP contribution is 2.19. The molecule has 0 unspecified atom stereocenters. The number of aromatic nitrogens is 2. The smallest absolute Gasteiger partial charge is 0.0951 e. The maximum Gasteiger partial charge on any atom is 0.0951 e. The first-order chi connectivity index (χ1) is 8.27. The predicted octanol–water partition coefficient (Wildman–Crippen LogP) is 2.40. The summed E-state index contributed by atoms with van der Waals surface area (Å²) in [6.07, 6.45) is 8.32. The van der Waals surface area contributed by atoms with Gasteiger partial charge in [-0.25, -0.2) is 4.98 Å². The monoisotopic (exact) mass is 235 g/mol. The van der Waals surface area contributed by atoms with Crippen LogP contribution in [-0.4, -0.2) is 22.6 Å².